The molecule has 0 aliphatic heterocycles. The molecule has 1 rings (SSSR count). The Morgan fingerprint density at radius 1 is 1.71 bits per heavy atom. The Morgan fingerprint density at radius 3 is 2.71 bits per heavy atom. The summed E-state index contributed by atoms with van der Waals surface area (Å²) in [7, 11) is 0. The van der Waals surface area contributed by atoms with E-state index in [-0.39, 0.29) is 11.4 Å². The van der Waals surface area contributed by atoms with Gasteiger partial charge in [-0.25, -0.2) is 0 Å². The lowest BCUT2D eigenvalue weighted by Crippen LogP contribution is -2.56. The summed E-state index contributed by atoms with van der Waals surface area (Å²) in [4.78, 5) is 11.6. The first kappa shape index (κ1) is 11.2. The Bertz CT molecular complexity index is 216. The summed E-state index contributed by atoms with van der Waals surface area (Å²) in [5.41, 5.74) is 5.74. The van der Waals surface area contributed by atoms with Crippen molar-refractivity contribution in [2.45, 2.75) is 50.6 Å². The third-order valence-electron chi connectivity index (χ3n) is 3.13. The van der Waals surface area contributed by atoms with E-state index in [2.05, 4.69) is 18.8 Å². The fourth-order valence-corrected chi connectivity index (χ4v) is 1.81. The first-order valence-corrected chi connectivity index (χ1v) is 5.32. The summed E-state index contributed by atoms with van der Waals surface area (Å²) in [6.07, 6.45) is 6.63. The topological polar surface area (TPSA) is 55.1 Å². The van der Waals surface area contributed by atoms with Crippen LogP contribution < -0.4 is 11.1 Å². The van der Waals surface area contributed by atoms with Crippen LogP contribution in [0.4, 0.5) is 0 Å². The number of amides is 1. The van der Waals surface area contributed by atoms with Gasteiger partial charge >= 0.3 is 0 Å². The lowest BCUT2D eigenvalue weighted by molar-refractivity contribution is -0.125. The average Bonchev–Trinajstić information content (AvgIpc) is 2.11. The standard InChI is InChI=1S/C11H20N2O/c1-3-6-9(12)10(14)13-11(4-2)7-5-8-11/h3,9H,1,4-8,12H2,2H3,(H,13,14). The van der Waals surface area contributed by atoms with Crippen LogP contribution in [-0.2, 0) is 4.79 Å². The Balaban J connectivity index is 2.42. The maximum atomic E-state index is 11.6. The Kier molecular flexibility index (Phi) is 3.69. The van der Waals surface area contributed by atoms with Crippen LogP contribution in [0.5, 0.6) is 0 Å². The summed E-state index contributed by atoms with van der Waals surface area (Å²) < 4.78 is 0. The number of carbonyl (C=O) groups is 1. The molecule has 80 valence electrons. The molecule has 1 fully saturated rings. The molecule has 1 atom stereocenters. The van der Waals surface area contributed by atoms with Gasteiger partial charge in [-0.15, -0.1) is 6.58 Å². The molecular formula is C11H20N2O. The van der Waals surface area contributed by atoms with Gasteiger partial charge in [0.25, 0.3) is 0 Å². The van der Waals surface area contributed by atoms with Gasteiger partial charge in [-0.2, -0.15) is 0 Å². The highest BCUT2D eigenvalue weighted by Gasteiger charge is 2.37. The van der Waals surface area contributed by atoms with Crippen molar-refractivity contribution in [3.8, 4) is 0 Å². The highest BCUT2D eigenvalue weighted by atomic mass is 16.2. The monoisotopic (exact) mass is 196 g/mol. The van der Waals surface area contributed by atoms with Gasteiger partial charge in [0.1, 0.15) is 0 Å². The lowest BCUT2D eigenvalue weighted by atomic mass is 9.74. The number of hydrogen-bond acceptors (Lipinski definition) is 2. The van der Waals surface area contributed by atoms with Crippen molar-refractivity contribution < 1.29 is 4.79 Å². The molecule has 14 heavy (non-hydrogen) atoms. The van der Waals surface area contributed by atoms with Gasteiger partial charge in [0.05, 0.1) is 6.04 Å². The van der Waals surface area contributed by atoms with Crippen molar-refractivity contribution in [3.05, 3.63) is 12.7 Å². The molecule has 1 unspecified atom stereocenters. The van der Waals surface area contributed by atoms with E-state index in [4.69, 9.17) is 5.73 Å². The minimum Gasteiger partial charge on any atom is -0.349 e. The molecule has 0 spiro atoms. The largest absolute Gasteiger partial charge is 0.349 e. The maximum absolute atomic E-state index is 11.6. The van der Waals surface area contributed by atoms with Crippen LogP contribution in [0.15, 0.2) is 12.7 Å². The number of nitrogens with one attached hydrogen (secondary N) is 1. The zero-order valence-electron chi connectivity index (χ0n) is 8.88. The molecule has 0 aromatic carbocycles. The molecule has 3 heteroatoms. The van der Waals surface area contributed by atoms with Crippen molar-refractivity contribution >= 4 is 5.91 Å². The smallest absolute Gasteiger partial charge is 0.237 e. The van der Waals surface area contributed by atoms with Crippen molar-refractivity contribution in [2.75, 3.05) is 0 Å². The zero-order valence-corrected chi connectivity index (χ0v) is 8.88. The van der Waals surface area contributed by atoms with Crippen LogP contribution >= 0.6 is 0 Å². The zero-order chi connectivity index (χ0) is 10.6. The fraction of sp³-hybridized carbons (Fsp3) is 0.727. The van der Waals surface area contributed by atoms with Crippen molar-refractivity contribution in [1.29, 1.82) is 0 Å². The average molecular weight is 196 g/mol. The van der Waals surface area contributed by atoms with Gasteiger partial charge in [0.15, 0.2) is 0 Å². The van der Waals surface area contributed by atoms with Gasteiger partial charge in [-0.1, -0.05) is 13.0 Å². The summed E-state index contributed by atoms with van der Waals surface area (Å²) in [5.74, 6) is -0.0357. The second-order valence-corrected chi connectivity index (χ2v) is 4.11. The molecule has 3 nitrogen and oxygen atoms in total. The summed E-state index contributed by atoms with van der Waals surface area (Å²) in [6.45, 7) is 5.68. The van der Waals surface area contributed by atoms with Crippen molar-refractivity contribution in [2.24, 2.45) is 5.73 Å². The van der Waals surface area contributed by atoms with E-state index in [0.29, 0.717) is 6.42 Å². The van der Waals surface area contributed by atoms with E-state index in [0.717, 1.165) is 19.3 Å². The number of nitrogens with two attached hydrogens (primary N) is 1. The molecule has 0 aromatic rings. The highest BCUT2D eigenvalue weighted by molar-refractivity contribution is 5.82. The van der Waals surface area contributed by atoms with E-state index in [1.807, 2.05) is 0 Å². The third-order valence-corrected chi connectivity index (χ3v) is 3.13. The van der Waals surface area contributed by atoms with Gasteiger partial charge < -0.3 is 11.1 Å². The van der Waals surface area contributed by atoms with Gasteiger partial charge in [-0.3, -0.25) is 4.79 Å². The molecule has 0 heterocycles. The first-order valence-electron chi connectivity index (χ1n) is 5.32. The van der Waals surface area contributed by atoms with Crippen LogP contribution in [0.2, 0.25) is 0 Å². The minimum atomic E-state index is -0.434. The van der Waals surface area contributed by atoms with Crippen LogP contribution in [0.1, 0.15) is 39.0 Å². The van der Waals surface area contributed by atoms with Crippen LogP contribution in [0.25, 0.3) is 0 Å². The fourth-order valence-electron chi connectivity index (χ4n) is 1.81. The van der Waals surface area contributed by atoms with E-state index >= 15 is 0 Å². The maximum Gasteiger partial charge on any atom is 0.237 e. The Morgan fingerprint density at radius 2 is 2.36 bits per heavy atom. The van der Waals surface area contributed by atoms with Gasteiger partial charge in [0, 0.05) is 5.54 Å². The Labute approximate surface area is 85.7 Å². The van der Waals surface area contributed by atoms with E-state index in [9.17, 15) is 4.79 Å². The van der Waals surface area contributed by atoms with Crippen LogP contribution in [0.3, 0.4) is 0 Å². The molecule has 1 aliphatic carbocycles. The molecule has 0 saturated heterocycles. The molecule has 0 bridgehead atoms. The van der Waals surface area contributed by atoms with E-state index in [1.165, 1.54) is 6.42 Å². The van der Waals surface area contributed by atoms with E-state index < -0.39 is 6.04 Å². The lowest BCUT2D eigenvalue weighted by Gasteiger charge is -2.42. The normalized spacial score (nSPS) is 20.7. The van der Waals surface area contributed by atoms with Crippen LogP contribution in [-0.4, -0.2) is 17.5 Å². The van der Waals surface area contributed by atoms with Crippen molar-refractivity contribution in [1.82, 2.24) is 5.32 Å². The second-order valence-electron chi connectivity index (χ2n) is 4.11. The molecule has 1 aliphatic rings. The first-order chi connectivity index (χ1) is 6.63. The number of hydrogen-bond donors (Lipinski definition) is 2. The Hall–Kier alpha value is -0.830. The third kappa shape index (κ3) is 2.35. The number of rotatable bonds is 5. The summed E-state index contributed by atoms with van der Waals surface area (Å²) >= 11 is 0. The molecular weight excluding hydrogens is 176 g/mol. The summed E-state index contributed by atoms with van der Waals surface area (Å²) in [5, 5.41) is 3.05. The summed E-state index contributed by atoms with van der Waals surface area (Å²) in [6, 6.07) is -0.434. The predicted octanol–water partition coefficient (Wildman–Crippen LogP) is 1.34. The van der Waals surface area contributed by atoms with Gasteiger partial charge in [-0.05, 0) is 32.1 Å². The second kappa shape index (κ2) is 4.60. The molecule has 0 radical (unpaired) electrons. The SMILES string of the molecule is C=CCC(N)C(=O)NC1(CC)CCC1. The molecule has 1 saturated carbocycles. The van der Waals surface area contributed by atoms with E-state index in [1.54, 1.807) is 6.08 Å². The number of carbonyl (C=O) groups excluding carboxylic acids is 1. The molecule has 0 aromatic heterocycles. The van der Waals surface area contributed by atoms with Crippen LogP contribution in [0, 0.1) is 0 Å². The minimum absolute atomic E-state index is 0.0357. The molecule has 1 amide bonds. The highest BCUT2D eigenvalue weighted by Crippen LogP contribution is 2.34. The quantitative estimate of drug-likeness (QED) is 0.652. The predicted molar refractivity (Wildman–Crippen MR) is 57.8 cm³/mol. The molecule has 3 N–H and O–H groups in total. The van der Waals surface area contributed by atoms with Gasteiger partial charge in [0.2, 0.25) is 5.91 Å². The van der Waals surface area contributed by atoms with Crippen molar-refractivity contribution in [3.63, 3.8) is 0 Å².